The Labute approximate surface area is 307 Å². The van der Waals surface area contributed by atoms with Crippen molar-refractivity contribution in [3.05, 3.63) is 0 Å². The third-order valence-electron chi connectivity index (χ3n) is 16.1. The summed E-state index contributed by atoms with van der Waals surface area (Å²) in [5.41, 5.74) is -0.122. The van der Waals surface area contributed by atoms with E-state index in [2.05, 4.69) is 27.7 Å². The average molecular weight is 741 g/mol. The quantitative estimate of drug-likeness (QED) is 0.205. The molecular weight excluding hydrogens is 676 g/mol. The summed E-state index contributed by atoms with van der Waals surface area (Å²) >= 11 is 0. The lowest BCUT2D eigenvalue weighted by Gasteiger charge is -2.63. The van der Waals surface area contributed by atoms with Crippen LogP contribution in [0.5, 0.6) is 0 Å². The average Bonchev–Trinajstić information content (AvgIpc) is 3.55. The fourth-order valence-electron chi connectivity index (χ4n) is 13.3. The highest BCUT2D eigenvalue weighted by Gasteiger charge is 2.71. The zero-order valence-electron chi connectivity index (χ0n) is 31.6. The van der Waals surface area contributed by atoms with Crippen LogP contribution in [0, 0.1) is 52.3 Å². The summed E-state index contributed by atoms with van der Waals surface area (Å²) in [5, 5.41) is 76.3. The molecule has 298 valence electrons. The van der Waals surface area contributed by atoms with Crippen LogP contribution in [0.2, 0.25) is 0 Å². The van der Waals surface area contributed by atoms with Crippen LogP contribution in [0.4, 0.5) is 0 Å². The molecule has 24 atom stereocenters. The molecule has 13 nitrogen and oxygen atoms in total. The SMILES string of the molecule is CC1COC2(OC3CC4C5C[C@H](O[C@@H]6O[C@H](C)[C@@H](O)[C@H](O[C@@H]7O[C@@H](C)[C@H](O)[C@@H](O)[C@H]7O)[C@H]6O)[C@H]6C[C@@H](O)CC[C@]6(C)C5CC[C@]4(C)C3[C@@H]2C)C(O)C1. The van der Waals surface area contributed by atoms with Crippen LogP contribution in [-0.2, 0) is 28.4 Å². The van der Waals surface area contributed by atoms with Crippen LogP contribution in [-0.4, -0.2) is 134 Å². The van der Waals surface area contributed by atoms with Gasteiger partial charge in [0.05, 0.1) is 37.1 Å². The van der Waals surface area contributed by atoms with Gasteiger partial charge in [0.1, 0.15) is 42.7 Å². The second kappa shape index (κ2) is 13.6. The van der Waals surface area contributed by atoms with Crippen molar-refractivity contribution in [2.45, 2.75) is 185 Å². The number of fused-ring (bicyclic) bond motifs is 7. The molecule has 0 aromatic carbocycles. The fourth-order valence-corrected chi connectivity index (χ4v) is 13.3. The maximum atomic E-state index is 11.7. The Morgan fingerprint density at radius 3 is 2.02 bits per heavy atom. The lowest BCUT2D eigenvalue weighted by molar-refractivity contribution is -0.363. The van der Waals surface area contributed by atoms with Crippen molar-refractivity contribution >= 4 is 0 Å². The van der Waals surface area contributed by atoms with Gasteiger partial charge in [0.2, 0.25) is 0 Å². The first-order valence-corrected chi connectivity index (χ1v) is 20.2. The molecule has 8 unspecified atom stereocenters. The molecule has 8 fully saturated rings. The second-order valence-electron chi connectivity index (χ2n) is 18.9. The molecule has 0 aromatic heterocycles. The zero-order valence-corrected chi connectivity index (χ0v) is 31.6. The lowest BCUT2D eigenvalue weighted by atomic mass is 9.43. The number of aliphatic hydroxyl groups is 7. The highest BCUT2D eigenvalue weighted by molar-refractivity contribution is 5.17. The second-order valence-corrected chi connectivity index (χ2v) is 18.9. The van der Waals surface area contributed by atoms with Gasteiger partial charge < -0.3 is 64.2 Å². The van der Waals surface area contributed by atoms with Crippen molar-refractivity contribution in [2.24, 2.45) is 52.3 Å². The molecule has 52 heavy (non-hydrogen) atoms. The fraction of sp³-hybridized carbons (Fsp3) is 1.00. The highest BCUT2D eigenvalue weighted by Crippen LogP contribution is 2.71. The van der Waals surface area contributed by atoms with Gasteiger partial charge >= 0.3 is 0 Å². The van der Waals surface area contributed by atoms with E-state index in [9.17, 15) is 35.7 Å². The third-order valence-corrected chi connectivity index (χ3v) is 16.1. The van der Waals surface area contributed by atoms with Gasteiger partial charge in [-0.25, -0.2) is 0 Å². The molecule has 8 rings (SSSR count). The zero-order chi connectivity index (χ0) is 37.2. The smallest absolute Gasteiger partial charge is 0.197 e. The molecule has 1 spiro atoms. The Kier molecular flexibility index (Phi) is 10.0. The summed E-state index contributed by atoms with van der Waals surface area (Å²) in [4.78, 5) is 0. The predicted octanol–water partition coefficient (Wildman–Crippen LogP) is 1.44. The maximum Gasteiger partial charge on any atom is 0.197 e. The molecule has 0 amide bonds. The van der Waals surface area contributed by atoms with Gasteiger partial charge in [0, 0.05) is 5.92 Å². The molecule has 4 saturated carbocycles. The summed E-state index contributed by atoms with van der Waals surface area (Å²) < 4.78 is 37.9. The van der Waals surface area contributed by atoms with Crippen molar-refractivity contribution in [2.75, 3.05) is 6.61 Å². The van der Waals surface area contributed by atoms with Gasteiger partial charge in [0.15, 0.2) is 18.4 Å². The van der Waals surface area contributed by atoms with Crippen molar-refractivity contribution in [3.8, 4) is 0 Å². The summed E-state index contributed by atoms with van der Waals surface area (Å²) in [6.07, 6.45) is -7.54. The minimum absolute atomic E-state index is 0.00617. The van der Waals surface area contributed by atoms with Gasteiger partial charge in [0.25, 0.3) is 0 Å². The number of hydrogen-bond donors (Lipinski definition) is 7. The highest BCUT2D eigenvalue weighted by atomic mass is 16.7. The first kappa shape index (κ1) is 38.4. The number of ether oxygens (including phenoxy) is 6. The lowest BCUT2D eigenvalue weighted by Crippen LogP contribution is -2.64. The molecular formula is C39H64O13. The van der Waals surface area contributed by atoms with Crippen LogP contribution in [0.1, 0.15) is 92.9 Å². The van der Waals surface area contributed by atoms with E-state index < -0.39 is 79.4 Å². The van der Waals surface area contributed by atoms with E-state index in [0.29, 0.717) is 37.2 Å². The Morgan fingerprint density at radius 1 is 0.635 bits per heavy atom. The van der Waals surface area contributed by atoms with Crippen molar-refractivity contribution in [1.82, 2.24) is 0 Å². The van der Waals surface area contributed by atoms with Crippen LogP contribution >= 0.6 is 0 Å². The molecule has 4 saturated heterocycles. The summed E-state index contributed by atoms with van der Waals surface area (Å²) in [5.74, 6) is 0.760. The molecule has 4 heterocycles. The number of aliphatic hydroxyl groups excluding tert-OH is 7. The van der Waals surface area contributed by atoms with Crippen LogP contribution in [0.25, 0.3) is 0 Å². The van der Waals surface area contributed by atoms with E-state index in [-0.39, 0.29) is 46.7 Å². The monoisotopic (exact) mass is 740 g/mol. The standard InChI is InChI=1S/C39H64O13/c1-16-11-27(41)39(47-15-16)17(2)28-26(52-39)14-23-21-13-25(24-12-20(40)7-9-37(24,5)22(21)8-10-38(23,28)6)50-36-33(46)34(30(43)19(4)49-36)51-35-32(45)31(44)29(42)18(3)48-35/h16-36,40-46H,7-15H2,1-6H3/t16?,17-,18-,19+,20-,21?,22?,23?,24+,25-,26?,27?,28?,29-,30+,31+,32+,33+,34-,35-,36-,37+,38-,39?/m0/s1. The van der Waals surface area contributed by atoms with E-state index in [1.807, 2.05) is 0 Å². The molecule has 0 aromatic rings. The first-order valence-electron chi connectivity index (χ1n) is 20.2. The Hall–Kier alpha value is -0.520. The summed E-state index contributed by atoms with van der Waals surface area (Å²) in [7, 11) is 0. The predicted molar refractivity (Wildman–Crippen MR) is 183 cm³/mol. The van der Waals surface area contributed by atoms with Gasteiger partial charge in [-0.15, -0.1) is 0 Å². The van der Waals surface area contributed by atoms with Gasteiger partial charge in [-0.3, -0.25) is 0 Å². The van der Waals surface area contributed by atoms with Crippen LogP contribution < -0.4 is 0 Å². The van der Waals surface area contributed by atoms with Crippen molar-refractivity contribution < 1.29 is 64.2 Å². The van der Waals surface area contributed by atoms with E-state index in [0.717, 1.165) is 38.5 Å². The van der Waals surface area contributed by atoms with E-state index in [1.165, 1.54) is 0 Å². The molecule has 4 aliphatic heterocycles. The van der Waals surface area contributed by atoms with Crippen molar-refractivity contribution in [1.29, 1.82) is 0 Å². The Balaban J connectivity index is 1.04. The van der Waals surface area contributed by atoms with Gasteiger partial charge in [-0.1, -0.05) is 27.7 Å². The van der Waals surface area contributed by atoms with E-state index in [1.54, 1.807) is 13.8 Å². The number of rotatable bonds is 4. The summed E-state index contributed by atoms with van der Waals surface area (Å²) in [6.45, 7) is 12.9. The van der Waals surface area contributed by atoms with Gasteiger partial charge in [-0.05, 0) is 112 Å². The Morgan fingerprint density at radius 2 is 1.31 bits per heavy atom. The Bertz CT molecular complexity index is 1310. The molecule has 4 aliphatic carbocycles. The largest absolute Gasteiger partial charge is 0.393 e. The third kappa shape index (κ3) is 5.73. The normalized spacial score (nSPS) is 61.9. The number of hydrogen-bond acceptors (Lipinski definition) is 13. The molecule has 7 N–H and O–H groups in total. The van der Waals surface area contributed by atoms with Gasteiger partial charge in [-0.2, -0.15) is 0 Å². The van der Waals surface area contributed by atoms with Crippen LogP contribution in [0.3, 0.4) is 0 Å². The molecule has 0 bridgehead atoms. The van der Waals surface area contributed by atoms with E-state index >= 15 is 0 Å². The van der Waals surface area contributed by atoms with Crippen molar-refractivity contribution in [3.63, 3.8) is 0 Å². The van der Waals surface area contributed by atoms with Crippen LogP contribution in [0.15, 0.2) is 0 Å². The molecule has 13 heteroatoms. The maximum absolute atomic E-state index is 11.7. The minimum atomic E-state index is -1.60. The first-order chi connectivity index (χ1) is 24.5. The summed E-state index contributed by atoms with van der Waals surface area (Å²) in [6, 6.07) is 0. The van der Waals surface area contributed by atoms with E-state index in [4.69, 9.17) is 28.4 Å². The minimum Gasteiger partial charge on any atom is -0.393 e. The molecule has 8 aliphatic rings. The topological polar surface area (TPSA) is 197 Å². The molecule has 0 radical (unpaired) electrons.